The number of nitrogens with zero attached hydrogens (tertiary/aromatic N) is 1. The van der Waals surface area contributed by atoms with E-state index in [9.17, 15) is 4.79 Å². The molecule has 0 aliphatic rings. The minimum atomic E-state index is -0.200. The molecule has 1 amide bonds. The highest BCUT2D eigenvalue weighted by Crippen LogP contribution is 2.29. The number of nitrogens with one attached hydrogen (secondary N) is 1. The fourth-order valence-corrected chi connectivity index (χ4v) is 3.16. The summed E-state index contributed by atoms with van der Waals surface area (Å²) in [6.07, 6.45) is 0. The summed E-state index contributed by atoms with van der Waals surface area (Å²) in [5.41, 5.74) is 8.81. The zero-order chi connectivity index (χ0) is 15.0. The number of halogens is 1. The van der Waals surface area contributed by atoms with E-state index in [0.717, 1.165) is 15.8 Å². The third kappa shape index (κ3) is 2.84. The van der Waals surface area contributed by atoms with Crippen molar-refractivity contribution in [1.29, 1.82) is 0 Å². The quantitative estimate of drug-likeness (QED) is 0.748. The first kappa shape index (κ1) is 13.9. The Morgan fingerprint density at radius 2 is 2.14 bits per heavy atom. The monoisotopic (exact) mass is 317 g/mol. The predicted molar refractivity (Wildman–Crippen MR) is 88.2 cm³/mol. The largest absolute Gasteiger partial charge is 0.375 e. The van der Waals surface area contributed by atoms with Crippen molar-refractivity contribution in [3.63, 3.8) is 0 Å². The molecule has 0 atom stereocenters. The smallest absolute Gasteiger partial charge is 0.255 e. The van der Waals surface area contributed by atoms with Crippen LogP contribution in [-0.2, 0) is 0 Å². The molecule has 0 saturated heterocycles. The summed E-state index contributed by atoms with van der Waals surface area (Å²) in [4.78, 5) is 16.5. The number of hydrogen-bond acceptors (Lipinski definition) is 4. The Hall–Kier alpha value is -2.11. The number of rotatable bonds is 2. The fourth-order valence-electron chi connectivity index (χ4n) is 2.12. The van der Waals surface area contributed by atoms with Gasteiger partial charge < -0.3 is 11.1 Å². The van der Waals surface area contributed by atoms with Crippen molar-refractivity contribution in [2.75, 3.05) is 11.1 Å². The van der Waals surface area contributed by atoms with Gasteiger partial charge in [-0.05, 0) is 42.8 Å². The number of thiazole rings is 1. The highest BCUT2D eigenvalue weighted by molar-refractivity contribution is 7.22. The lowest BCUT2D eigenvalue weighted by molar-refractivity contribution is 0.102. The lowest BCUT2D eigenvalue weighted by Crippen LogP contribution is -2.11. The molecule has 106 valence electrons. The Morgan fingerprint density at radius 3 is 2.90 bits per heavy atom. The first-order chi connectivity index (χ1) is 10.0. The summed E-state index contributed by atoms with van der Waals surface area (Å²) in [5.74, 6) is -0.200. The number of aryl methyl sites for hydroxylation is 1. The van der Waals surface area contributed by atoms with Crippen LogP contribution in [0.5, 0.6) is 0 Å². The molecule has 0 aliphatic carbocycles. The molecule has 0 fully saturated rings. The Balaban J connectivity index is 1.92. The molecule has 0 aliphatic heterocycles. The zero-order valence-electron chi connectivity index (χ0n) is 11.2. The first-order valence-corrected chi connectivity index (χ1v) is 7.46. The van der Waals surface area contributed by atoms with Crippen LogP contribution >= 0.6 is 22.9 Å². The van der Waals surface area contributed by atoms with Crippen molar-refractivity contribution >= 4 is 49.9 Å². The molecule has 1 heterocycles. The number of amides is 1. The number of hydrogen-bond donors (Lipinski definition) is 2. The van der Waals surface area contributed by atoms with Gasteiger partial charge in [0.2, 0.25) is 0 Å². The number of aromatic nitrogens is 1. The van der Waals surface area contributed by atoms with Crippen LogP contribution in [-0.4, -0.2) is 10.9 Å². The molecule has 1 aromatic heterocycles. The number of carbonyl (C=O) groups is 1. The van der Waals surface area contributed by atoms with Crippen LogP contribution in [0.1, 0.15) is 15.9 Å². The van der Waals surface area contributed by atoms with Gasteiger partial charge in [0.25, 0.3) is 5.91 Å². The normalized spacial score (nSPS) is 10.8. The molecule has 4 nitrogen and oxygen atoms in total. The first-order valence-electron chi connectivity index (χ1n) is 6.26. The summed E-state index contributed by atoms with van der Waals surface area (Å²) < 4.78 is 0.953. The molecule has 3 rings (SSSR count). The standard InChI is InChI=1S/C15H12ClN3OS/c1-8-5-11(7-12-13(8)19-15(17)21-12)18-14(20)9-3-2-4-10(16)6-9/h2-7H,1H3,(H2,17,19)(H,18,20). The number of fused-ring (bicyclic) bond motifs is 1. The van der Waals surface area contributed by atoms with Gasteiger partial charge in [-0.3, -0.25) is 4.79 Å². The maximum Gasteiger partial charge on any atom is 0.255 e. The molecular weight excluding hydrogens is 306 g/mol. The average molecular weight is 318 g/mol. The van der Waals surface area contributed by atoms with E-state index in [1.165, 1.54) is 11.3 Å². The molecule has 3 aromatic rings. The summed E-state index contributed by atoms with van der Waals surface area (Å²) >= 11 is 7.30. The number of anilines is 2. The average Bonchev–Trinajstić information content (AvgIpc) is 2.80. The van der Waals surface area contributed by atoms with Crippen molar-refractivity contribution in [1.82, 2.24) is 4.98 Å². The topological polar surface area (TPSA) is 68.0 Å². The molecule has 0 spiro atoms. The van der Waals surface area contributed by atoms with Crippen molar-refractivity contribution in [2.45, 2.75) is 6.92 Å². The Kier molecular flexibility index (Phi) is 3.53. The Morgan fingerprint density at radius 1 is 1.33 bits per heavy atom. The van der Waals surface area contributed by atoms with Gasteiger partial charge in [0.05, 0.1) is 10.2 Å². The van der Waals surface area contributed by atoms with Crippen molar-refractivity contribution in [2.24, 2.45) is 0 Å². The zero-order valence-corrected chi connectivity index (χ0v) is 12.8. The van der Waals surface area contributed by atoms with E-state index in [4.69, 9.17) is 17.3 Å². The van der Waals surface area contributed by atoms with Gasteiger partial charge in [0.15, 0.2) is 5.13 Å². The molecule has 21 heavy (non-hydrogen) atoms. The second kappa shape index (κ2) is 5.35. The maximum atomic E-state index is 12.2. The van der Waals surface area contributed by atoms with E-state index in [1.807, 2.05) is 19.1 Å². The molecule has 6 heteroatoms. The van der Waals surface area contributed by atoms with Crippen molar-refractivity contribution in [3.05, 3.63) is 52.5 Å². The summed E-state index contributed by atoms with van der Waals surface area (Å²) in [6, 6.07) is 10.6. The van der Waals surface area contributed by atoms with Gasteiger partial charge in [0, 0.05) is 16.3 Å². The SMILES string of the molecule is Cc1cc(NC(=O)c2cccc(Cl)c2)cc2sc(N)nc12. The van der Waals surface area contributed by atoms with Gasteiger partial charge >= 0.3 is 0 Å². The highest BCUT2D eigenvalue weighted by atomic mass is 35.5. The van der Waals surface area contributed by atoms with E-state index in [2.05, 4.69) is 10.3 Å². The molecule has 0 unspecified atom stereocenters. The predicted octanol–water partition coefficient (Wildman–Crippen LogP) is 4.09. The van der Waals surface area contributed by atoms with Crippen LogP contribution in [0.3, 0.4) is 0 Å². The second-order valence-electron chi connectivity index (χ2n) is 4.66. The third-order valence-corrected chi connectivity index (χ3v) is 4.11. The fraction of sp³-hybridized carbons (Fsp3) is 0.0667. The lowest BCUT2D eigenvalue weighted by Gasteiger charge is -2.07. The third-order valence-electron chi connectivity index (χ3n) is 3.05. The van der Waals surface area contributed by atoms with E-state index < -0.39 is 0 Å². The number of benzene rings is 2. The molecule has 3 N–H and O–H groups in total. The van der Waals surface area contributed by atoms with Gasteiger partial charge in [-0.15, -0.1) is 0 Å². The Bertz CT molecular complexity index is 844. The van der Waals surface area contributed by atoms with Crippen molar-refractivity contribution in [3.8, 4) is 0 Å². The molecule has 0 saturated carbocycles. The molecule has 0 radical (unpaired) electrons. The van der Waals surface area contributed by atoms with Gasteiger partial charge in [-0.25, -0.2) is 4.98 Å². The lowest BCUT2D eigenvalue weighted by atomic mass is 10.1. The molecule has 0 bridgehead atoms. The maximum absolute atomic E-state index is 12.2. The number of nitrogens with two attached hydrogens (primary N) is 1. The summed E-state index contributed by atoms with van der Waals surface area (Å²) in [7, 11) is 0. The second-order valence-corrected chi connectivity index (χ2v) is 6.16. The van der Waals surface area contributed by atoms with Gasteiger partial charge in [-0.2, -0.15) is 0 Å². The molecule has 2 aromatic carbocycles. The van der Waals surface area contributed by atoms with Crippen LogP contribution in [0, 0.1) is 6.92 Å². The van der Waals surface area contributed by atoms with Crippen LogP contribution < -0.4 is 11.1 Å². The van der Waals surface area contributed by atoms with E-state index >= 15 is 0 Å². The number of nitrogen functional groups attached to an aromatic ring is 1. The summed E-state index contributed by atoms with van der Waals surface area (Å²) in [6.45, 7) is 1.94. The number of carbonyl (C=O) groups excluding carboxylic acids is 1. The highest BCUT2D eigenvalue weighted by Gasteiger charge is 2.10. The van der Waals surface area contributed by atoms with Crippen LogP contribution in [0.25, 0.3) is 10.2 Å². The van der Waals surface area contributed by atoms with Crippen LogP contribution in [0.15, 0.2) is 36.4 Å². The van der Waals surface area contributed by atoms with E-state index in [0.29, 0.717) is 21.4 Å². The minimum absolute atomic E-state index is 0.200. The summed E-state index contributed by atoms with van der Waals surface area (Å²) in [5, 5.41) is 3.92. The van der Waals surface area contributed by atoms with Gasteiger partial charge in [0.1, 0.15) is 0 Å². The van der Waals surface area contributed by atoms with Crippen LogP contribution in [0.2, 0.25) is 5.02 Å². The van der Waals surface area contributed by atoms with Gasteiger partial charge in [-0.1, -0.05) is 29.0 Å². The van der Waals surface area contributed by atoms with Crippen molar-refractivity contribution < 1.29 is 4.79 Å². The minimum Gasteiger partial charge on any atom is -0.375 e. The van der Waals surface area contributed by atoms with Crippen LogP contribution in [0.4, 0.5) is 10.8 Å². The van der Waals surface area contributed by atoms with E-state index in [1.54, 1.807) is 24.3 Å². The molecular formula is C15H12ClN3OS. The Labute approximate surface area is 130 Å². The van der Waals surface area contributed by atoms with E-state index in [-0.39, 0.29) is 5.91 Å².